The first-order chi connectivity index (χ1) is 9.81. The van der Waals surface area contributed by atoms with Crippen LogP contribution in [0.5, 0.6) is 0 Å². The number of urea groups is 1. The van der Waals surface area contributed by atoms with Gasteiger partial charge in [-0.05, 0) is 6.92 Å². The number of amides is 3. The second-order valence-corrected chi connectivity index (χ2v) is 3.99. The average molecular weight is 295 g/mol. The molecule has 4 N–H and O–H groups in total. The molecule has 0 aliphatic rings. The fourth-order valence-corrected chi connectivity index (χ4v) is 1.71. The summed E-state index contributed by atoms with van der Waals surface area (Å²) in [5.74, 6) is -2.23. The van der Waals surface area contributed by atoms with Crippen molar-refractivity contribution in [3.05, 3.63) is 21.8 Å². The van der Waals surface area contributed by atoms with Crippen LogP contribution in [-0.2, 0) is 11.3 Å². The number of fused-ring (bicyclic) bond motifs is 1. The lowest BCUT2D eigenvalue weighted by molar-refractivity contribution is -0.120. The number of hydrogen-bond acceptors (Lipinski definition) is 7. The average Bonchev–Trinajstić information content (AvgIpc) is 2.74. The Morgan fingerprint density at radius 1 is 1.43 bits per heavy atom. The Morgan fingerprint density at radius 2 is 2.10 bits per heavy atom. The molecular formula is C10H9N5O6. The molecule has 0 aromatic carbocycles. The maximum absolute atomic E-state index is 12.0. The zero-order valence-corrected chi connectivity index (χ0v) is 10.6. The van der Waals surface area contributed by atoms with E-state index < -0.39 is 35.7 Å². The van der Waals surface area contributed by atoms with Crippen LogP contribution in [0.1, 0.15) is 16.2 Å². The highest BCUT2D eigenvalue weighted by Gasteiger charge is 2.22. The standard InChI is InChI=1S/C10H9N5O6/c1-3-5-6(14-21-3)8(17)15(13-7(5)9(18)19)2-4(16)12-10(11)20/h2H2,1H3,(H,18,19)(H3,11,12,16,20). The SMILES string of the molecule is Cc1onc2c(=O)n(CC(=O)NC(N)=O)nc(C(=O)O)c12. The Balaban J connectivity index is 2.58. The Kier molecular flexibility index (Phi) is 3.40. The van der Waals surface area contributed by atoms with Crippen LogP contribution in [0.25, 0.3) is 10.9 Å². The molecule has 0 bridgehead atoms. The molecule has 0 saturated carbocycles. The number of aromatic carboxylic acids is 1. The van der Waals surface area contributed by atoms with E-state index >= 15 is 0 Å². The highest BCUT2D eigenvalue weighted by Crippen LogP contribution is 2.17. The Labute approximate surface area is 115 Å². The van der Waals surface area contributed by atoms with Crippen LogP contribution in [0, 0.1) is 6.92 Å². The number of aryl methyl sites for hydroxylation is 1. The predicted octanol–water partition coefficient (Wildman–Crippen LogP) is -1.41. The third-order valence-electron chi connectivity index (χ3n) is 2.52. The van der Waals surface area contributed by atoms with Crippen LogP contribution in [0.4, 0.5) is 4.79 Å². The van der Waals surface area contributed by atoms with Crippen molar-refractivity contribution >= 4 is 28.8 Å². The van der Waals surface area contributed by atoms with E-state index in [2.05, 4.69) is 10.3 Å². The fourth-order valence-electron chi connectivity index (χ4n) is 1.71. The highest BCUT2D eigenvalue weighted by atomic mass is 16.5. The van der Waals surface area contributed by atoms with Crippen molar-refractivity contribution in [1.29, 1.82) is 0 Å². The number of carbonyl (C=O) groups is 3. The molecule has 0 unspecified atom stereocenters. The molecule has 11 nitrogen and oxygen atoms in total. The highest BCUT2D eigenvalue weighted by molar-refractivity contribution is 6.01. The van der Waals surface area contributed by atoms with Gasteiger partial charge in [0, 0.05) is 0 Å². The number of nitrogens with one attached hydrogen (secondary N) is 1. The smallest absolute Gasteiger partial charge is 0.357 e. The van der Waals surface area contributed by atoms with Crippen molar-refractivity contribution in [2.75, 3.05) is 0 Å². The maximum atomic E-state index is 12.0. The van der Waals surface area contributed by atoms with Gasteiger partial charge in [-0.15, -0.1) is 0 Å². The van der Waals surface area contributed by atoms with E-state index in [1.54, 1.807) is 5.32 Å². The number of carbonyl (C=O) groups excluding carboxylic acids is 2. The van der Waals surface area contributed by atoms with Crippen LogP contribution in [0.2, 0.25) is 0 Å². The fraction of sp³-hybridized carbons (Fsp3) is 0.200. The predicted molar refractivity (Wildman–Crippen MR) is 65.5 cm³/mol. The van der Waals surface area contributed by atoms with E-state index in [1.807, 2.05) is 0 Å². The molecule has 21 heavy (non-hydrogen) atoms. The zero-order chi connectivity index (χ0) is 15.7. The number of primary amides is 1. The van der Waals surface area contributed by atoms with Gasteiger partial charge in [0.25, 0.3) is 5.56 Å². The summed E-state index contributed by atoms with van der Waals surface area (Å²) in [6, 6.07) is -1.11. The Morgan fingerprint density at radius 3 is 2.67 bits per heavy atom. The lowest BCUT2D eigenvalue weighted by Crippen LogP contribution is -2.40. The second kappa shape index (κ2) is 5.03. The summed E-state index contributed by atoms with van der Waals surface area (Å²) in [4.78, 5) is 45.1. The van der Waals surface area contributed by atoms with E-state index in [4.69, 9.17) is 15.4 Å². The van der Waals surface area contributed by atoms with Gasteiger partial charge in [-0.1, -0.05) is 5.16 Å². The van der Waals surface area contributed by atoms with E-state index in [9.17, 15) is 19.2 Å². The van der Waals surface area contributed by atoms with E-state index in [-0.39, 0.29) is 16.7 Å². The maximum Gasteiger partial charge on any atom is 0.357 e. The van der Waals surface area contributed by atoms with Crippen LogP contribution in [-0.4, -0.2) is 38.0 Å². The molecule has 0 aliphatic heterocycles. The minimum atomic E-state index is -1.42. The summed E-state index contributed by atoms with van der Waals surface area (Å²) in [5, 5.41) is 17.8. The van der Waals surface area contributed by atoms with Crippen molar-refractivity contribution in [2.45, 2.75) is 13.5 Å². The largest absolute Gasteiger partial charge is 0.476 e. The normalized spacial score (nSPS) is 10.5. The number of rotatable bonds is 3. The molecule has 0 atom stereocenters. The Bertz CT molecular complexity index is 819. The number of carboxylic acids is 1. The third kappa shape index (κ3) is 2.56. The van der Waals surface area contributed by atoms with Gasteiger partial charge >= 0.3 is 12.0 Å². The Hall–Kier alpha value is -3.24. The molecule has 2 heterocycles. The molecule has 0 spiro atoms. The molecule has 11 heteroatoms. The first-order valence-electron chi connectivity index (χ1n) is 5.51. The molecule has 110 valence electrons. The van der Waals surface area contributed by atoms with Crippen molar-refractivity contribution in [1.82, 2.24) is 20.3 Å². The molecular weight excluding hydrogens is 286 g/mol. The van der Waals surface area contributed by atoms with E-state index in [0.717, 1.165) is 0 Å². The molecule has 2 aromatic rings. The molecule has 0 aliphatic carbocycles. The van der Waals surface area contributed by atoms with Crippen molar-refractivity contribution in [3.8, 4) is 0 Å². The minimum Gasteiger partial charge on any atom is -0.476 e. The van der Waals surface area contributed by atoms with Gasteiger partial charge in [0.1, 0.15) is 12.3 Å². The molecule has 0 radical (unpaired) electrons. The number of hydrogen-bond donors (Lipinski definition) is 3. The van der Waals surface area contributed by atoms with Gasteiger partial charge in [-0.25, -0.2) is 14.3 Å². The second-order valence-electron chi connectivity index (χ2n) is 3.99. The molecule has 2 aromatic heterocycles. The van der Waals surface area contributed by atoms with Gasteiger partial charge in [0.2, 0.25) is 5.91 Å². The van der Waals surface area contributed by atoms with E-state index in [0.29, 0.717) is 4.68 Å². The topological polar surface area (TPSA) is 170 Å². The summed E-state index contributed by atoms with van der Waals surface area (Å²) in [7, 11) is 0. The van der Waals surface area contributed by atoms with Gasteiger partial charge in [0.15, 0.2) is 11.2 Å². The first-order valence-corrected chi connectivity index (χ1v) is 5.51. The van der Waals surface area contributed by atoms with Gasteiger partial charge < -0.3 is 15.4 Å². The lowest BCUT2D eigenvalue weighted by Gasteiger charge is -2.05. The van der Waals surface area contributed by atoms with Crippen LogP contribution < -0.4 is 16.6 Å². The zero-order valence-electron chi connectivity index (χ0n) is 10.6. The molecule has 3 amide bonds. The summed E-state index contributed by atoms with van der Waals surface area (Å²) >= 11 is 0. The van der Waals surface area contributed by atoms with Crippen LogP contribution in [0.15, 0.2) is 9.32 Å². The lowest BCUT2D eigenvalue weighted by atomic mass is 10.2. The summed E-state index contributed by atoms with van der Waals surface area (Å²) < 4.78 is 5.33. The first kappa shape index (κ1) is 14.2. The number of carboxylic acid groups (broad SMARTS) is 1. The van der Waals surface area contributed by atoms with Gasteiger partial charge in [0.05, 0.1) is 5.39 Å². The van der Waals surface area contributed by atoms with Crippen LogP contribution >= 0.6 is 0 Å². The van der Waals surface area contributed by atoms with Crippen molar-refractivity contribution < 1.29 is 24.0 Å². The van der Waals surface area contributed by atoms with Crippen LogP contribution in [0.3, 0.4) is 0 Å². The number of nitrogens with two attached hydrogens (primary N) is 1. The third-order valence-corrected chi connectivity index (χ3v) is 2.52. The summed E-state index contributed by atoms with van der Waals surface area (Å²) in [6.07, 6.45) is 0. The number of imide groups is 1. The molecule has 2 rings (SSSR count). The number of aromatic nitrogens is 3. The van der Waals surface area contributed by atoms with Gasteiger partial charge in [-0.2, -0.15) is 5.10 Å². The van der Waals surface area contributed by atoms with E-state index in [1.165, 1.54) is 6.92 Å². The quantitative estimate of drug-likeness (QED) is 0.619. The van der Waals surface area contributed by atoms with Gasteiger partial charge in [-0.3, -0.25) is 14.9 Å². The molecule has 0 saturated heterocycles. The van der Waals surface area contributed by atoms with Crippen molar-refractivity contribution in [2.24, 2.45) is 5.73 Å². The summed E-state index contributed by atoms with van der Waals surface area (Å²) in [5.41, 5.74) is 3.17. The summed E-state index contributed by atoms with van der Waals surface area (Å²) in [6.45, 7) is 0.733. The monoisotopic (exact) mass is 295 g/mol. The van der Waals surface area contributed by atoms with Crippen molar-refractivity contribution in [3.63, 3.8) is 0 Å². The molecule has 0 fully saturated rings. The number of nitrogens with zero attached hydrogens (tertiary/aromatic N) is 3. The minimum absolute atomic E-state index is 0.0425.